The van der Waals surface area contributed by atoms with E-state index in [1.807, 2.05) is 55.5 Å². The topological polar surface area (TPSA) is 172 Å². The molecule has 0 atom stereocenters. The molecule has 44 heavy (non-hydrogen) atoms. The van der Waals surface area contributed by atoms with Gasteiger partial charge in [0.05, 0.1) is 5.39 Å². The minimum Gasteiger partial charge on any atom is -0.421 e. The molecule has 0 saturated carbocycles. The molecule has 13 nitrogen and oxygen atoms in total. The summed E-state index contributed by atoms with van der Waals surface area (Å²) in [7, 11) is 0. The van der Waals surface area contributed by atoms with E-state index in [4.69, 9.17) is 25.0 Å². The van der Waals surface area contributed by atoms with Crippen molar-refractivity contribution >= 4 is 5.97 Å². The van der Waals surface area contributed by atoms with Gasteiger partial charge in [-0.15, -0.1) is 10.2 Å². The van der Waals surface area contributed by atoms with Crippen LogP contribution >= 0.6 is 0 Å². The van der Waals surface area contributed by atoms with Crippen LogP contribution in [-0.4, -0.2) is 57.1 Å². The number of aromatic amines is 1. The molecule has 0 radical (unpaired) electrons. The van der Waals surface area contributed by atoms with Crippen LogP contribution in [0.1, 0.15) is 60.3 Å². The molecular weight excluding hydrogens is 566 g/mol. The van der Waals surface area contributed by atoms with E-state index in [1.165, 1.54) is 0 Å². The zero-order valence-electron chi connectivity index (χ0n) is 24.5. The molecule has 4 N–H and O–H groups in total. The van der Waals surface area contributed by atoms with Gasteiger partial charge in [0, 0.05) is 24.1 Å². The fourth-order valence-electron chi connectivity index (χ4n) is 4.89. The lowest BCUT2D eigenvalue weighted by Gasteiger charge is -2.18. The number of hydrogen-bond acceptors (Lipinski definition) is 11. The second-order valence-electron chi connectivity index (χ2n) is 10.6. The first-order valence-corrected chi connectivity index (χ1v) is 14.0. The van der Waals surface area contributed by atoms with Gasteiger partial charge < -0.3 is 14.4 Å². The molecule has 5 rings (SSSR count). The number of esters is 1. The molecule has 13 heteroatoms. The van der Waals surface area contributed by atoms with Gasteiger partial charge in [-0.05, 0) is 48.2 Å². The number of aryl methyl sites for hydroxylation is 1. The van der Waals surface area contributed by atoms with Crippen LogP contribution in [0.4, 0.5) is 0 Å². The normalized spacial score (nSPS) is 11.7. The molecule has 0 unspecified atom stereocenters. The molecule has 0 aliphatic carbocycles. The molecule has 0 fully saturated rings. The number of nitrogens with zero attached hydrogens (tertiary/aromatic N) is 6. The fraction of sp³-hybridized carbons (Fsp3) is 0.258. The summed E-state index contributed by atoms with van der Waals surface area (Å²) in [5, 5.41) is 43.0. The van der Waals surface area contributed by atoms with E-state index in [0.717, 1.165) is 28.7 Å². The van der Waals surface area contributed by atoms with Gasteiger partial charge in [0.1, 0.15) is 29.5 Å². The largest absolute Gasteiger partial charge is 0.421 e. The maximum Gasteiger partial charge on any atom is 0.362 e. The molecule has 0 aliphatic heterocycles. The van der Waals surface area contributed by atoms with Crippen molar-refractivity contribution in [2.45, 2.75) is 52.4 Å². The molecule has 0 spiro atoms. The number of aliphatic hydroxyl groups is 1. The van der Waals surface area contributed by atoms with E-state index >= 15 is 0 Å². The Morgan fingerprint density at radius 2 is 1.70 bits per heavy atom. The highest BCUT2D eigenvalue weighted by Crippen LogP contribution is 2.31. The Kier molecular flexibility index (Phi) is 9.23. The van der Waals surface area contributed by atoms with E-state index in [9.17, 15) is 9.90 Å². The number of hydrogen-bond donors (Lipinski definition) is 4. The highest BCUT2D eigenvalue weighted by atomic mass is 17.1. The number of benzene rings is 3. The summed E-state index contributed by atoms with van der Waals surface area (Å²) in [6.07, 6.45) is 1.33. The second kappa shape index (κ2) is 13.2. The van der Waals surface area contributed by atoms with Gasteiger partial charge in [0.15, 0.2) is 5.69 Å². The highest BCUT2D eigenvalue weighted by molar-refractivity contribution is 5.91. The number of aromatic nitrogens is 6. The SMILES string of the molecule is CCCc1nc(C(C)(C)O)c(C(=O)Oc2ccccc2CON(O)O)n1Cc1ccc(-c2ccccc2-c2nn[nH]n2)cc1. The van der Waals surface area contributed by atoms with Crippen molar-refractivity contribution in [3.8, 4) is 28.3 Å². The number of carbonyl (C=O) groups excluding carboxylic acids is 1. The first kappa shape index (κ1) is 30.7. The van der Waals surface area contributed by atoms with E-state index < -0.39 is 17.0 Å². The molecule has 228 valence electrons. The third-order valence-corrected chi connectivity index (χ3v) is 6.92. The quantitative estimate of drug-likeness (QED) is 0.0890. The maximum atomic E-state index is 13.8. The standard InChI is InChI=1S/C31H33N7O6/c1-4-9-26-32-28(31(2,3)40)27(30(39)44-25-13-8-5-10-22(25)19-43-38(41)42)37(26)18-20-14-16-21(17-15-20)23-11-6-7-12-24(23)29-33-35-36-34-29/h5-8,10-17,40-42H,4,9,18-19H2,1-3H3,(H,33,34,35,36). The molecule has 5 aromatic rings. The first-order chi connectivity index (χ1) is 21.2. The first-order valence-electron chi connectivity index (χ1n) is 14.0. The summed E-state index contributed by atoms with van der Waals surface area (Å²) in [5.41, 5.74) is 2.90. The third-order valence-electron chi connectivity index (χ3n) is 6.92. The van der Waals surface area contributed by atoms with Crippen molar-refractivity contribution in [2.24, 2.45) is 0 Å². The molecule has 0 saturated heterocycles. The zero-order valence-corrected chi connectivity index (χ0v) is 24.5. The van der Waals surface area contributed by atoms with Gasteiger partial charge >= 0.3 is 5.97 Å². The molecule has 0 amide bonds. The van der Waals surface area contributed by atoms with Crippen molar-refractivity contribution in [1.82, 2.24) is 35.6 Å². The van der Waals surface area contributed by atoms with Gasteiger partial charge in [-0.3, -0.25) is 10.4 Å². The minimum absolute atomic E-state index is 0.120. The average Bonchev–Trinajstić information content (AvgIpc) is 3.66. The summed E-state index contributed by atoms with van der Waals surface area (Å²) in [5.74, 6) is 0.569. The van der Waals surface area contributed by atoms with Crippen molar-refractivity contribution in [2.75, 3.05) is 0 Å². The predicted molar refractivity (Wildman–Crippen MR) is 157 cm³/mol. The molecular formula is C31H33N7O6. The lowest BCUT2D eigenvalue weighted by Crippen LogP contribution is -2.25. The number of nitrogens with one attached hydrogen (secondary N) is 1. The number of tetrazole rings is 1. The summed E-state index contributed by atoms with van der Waals surface area (Å²) >= 11 is 0. The number of rotatable bonds is 12. The Labute approximate surface area is 253 Å². The lowest BCUT2D eigenvalue weighted by molar-refractivity contribution is -0.497. The van der Waals surface area contributed by atoms with E-state index in [1.54, 1.807) is 42.7 Å². The van der Waals surface area contributed by atoms with Crippen molar-refractivity contribution in [3.05, 3.63) is 101 Å². The van der Waals surface area contributed by atoms with E-state index in [-0.39, 0.29) is 23.7 Å². The number of H-pyrrole nitrogens is 1. The highest BCUT2D eigenvalue weighted by Gasteiger charge is 2.33. The summed E-state index contributed by atoms with van der Waals surface area (Å²) in [4.78, 5) is 23.3. The van der Waals surface area contributed by atoms with Crippen LogP contribution in [0.5, 0.6) is 5.75 Å². The Morgan fingerprint density at radius 3 is 2.36 bits per heavy atom. The summed E-state index contributed by atoms with van der Waals surface area (Å²) in [6.45, 7) is 5.18. The predicted octanol–water partition coefficient (Wildman–Crippen LogP) is 4.69. The van der Waals surface area contributed by atoms with Crippen LogP contribution in [-0.2, 0) is 30.0 Å². The van der Waals surface area contributed by atoms with Crippen LogP contribution in [0.3, 0.4) is 0 Å². The Morgan fingerprint density at radius 1 is 1.00 bits per heavy atom. The van der Waals surface area contributed by atoms with Gasteiger partial charge in [0.25, 0.3) is 0 Å². The molecule has 0 bridgehead atoms. The Hall–Kier alpha value is -4.79. The number of imidazole rings is 1. The van der Waals surface area contributed by atoms with Crippen molar-refractivity contribution < 1.29 is 29.9 Å². The minimum atomic E-state index is -1.44. The Bertz CT molecular complexity index is 1710. The molecule has 0 aliphatic rings. The van der Waals surface area contributed by atoms with Crippen molar-refractivity contribution in [3.63, 3.8) is 0 Å². The second-order valence-corrected chi connectivity index (χ2v) is 10.6. The smallest absolute Gasteiger partial charge is 0.362 e. The van der Waals surface area contributed by atoms with Crippen molar-refractivity contribution in [1.29, 1.82) is 0 Å². The lowest BCUT2D eigenvalue weighted by atomic mass is 9.98. The van der Waals surface area contributed by atoms with Gasteiger partial charge in [-0.2, -0.15) is 5.21 Å². The zero-order chi connectivity index (χ0) is 31.3. The van der Waals surface area contributed by atoms with Gasteiger partial charge in [-0.1, -0.05) is 73.7 Å². The summed E-state index contributed by atoms with van der Waals surface area (Å²) in [6, 6.07) is 22.3. The number of carbonyl (C=O) groups is 1. The molecule has 3 aromatic carbocycles. The average molecular weight is 600 g/mol. The van der Waals surface area contributed by atoms with E-state index in [2.05, 4.69) is 20.6 Å². The van der Waals surface area contributed by atoms with Crippen LogP contribution in [0.25, 0.3) is 22.5 Å². The van der Waals surface area contributed by atoms with Crippen LogP contribution in [0, 0.1) is 0 Å². The van der Waals surface area contributed by atoms with Crippen LogP contribution in [0.15, 0.2) is 72.8 Å². The molecule has 2 aromatic heterocycles. The fourth-order valence-corrected chi connectivity index (χ4v) is 4.89. The maximum absolute atomic E-state index is 13.8. The monoisotopic (exact) mass is 599 g/mol. The molecule has 2 heterocycles. The van der Waals surface area contributed by atoms with Crippen LogP contribution in [0.2, 0.25) is 0 Å². The third kappa shape index (κ3) is 6.88. The summed E-state index contributed by atoms with van der Waals surface area (Å²) < 4.78 is 7.58. The number of ether oxygens (including phenoxy) is 1. The van der Waals surface area contributed by atoms with Crippen LogP contribution < -0.4 is 4.74 Å². The Balaban J connectivity index is 1.50. The van der Waals surface area contributed by atoms with Gasteiger partial charge in [-0.25, -0.2) is 14.6 Å². The number of para-hydroxylation sites is 1. The van der Waals surface area contributed by atoms with E-state index in [0.29, 0.717) is 30.2 Å². The van der Waals surface area contributed by atoms with Gasteiger partial charge in [0.2, 0.25) is 5.82 Å².